The maximum Gasteiger partial charge on any atom is 0.355 e. The molecule has 1 amide bonds. The predicted molar refractivity (Wildman–Crippen MR) is 169 cm³/mol. The maximum absolute atomic E-state index is 15.4. The van der Waals surface area contributed by atoms with Crippen molar-refractivity contribution in [1.82, 2.24) is 29.4 Å². The van der Waals surface area contributed by atoms with Crippen LogP contribution in [0.4, 0.5) is 10.2 Å². The largest absolute Gasteiger partial charge is 0.507 e. The van der Waals surface area contributed by atoms with Gasteiger partial charge in [-0.15, -0.1) is 0 Å². The van der Waals surface area contributed by atoms with Gasteiger partial charge in [0.25, 0.3) is 0 Å². The third-order valence-corrected chi connectivity index (χ3v) is 8.51. The van der Waals surface area contributed by atoms with Gasteiger partial charge in [0.15, 0.2) is 11.4 Å². The first kappa shape index (κ1) is 30.4. The summed E-state index contributed by atoms with van der Waals surface area (Å²) in [6.45, 7) is 14.4. The molecule has 1 fully saturated rings. The summed E-state index contributed by atoms with van der Waals surface area (Å²) in [5, 5.41) is 11.1. The zero-order valence-electron chi connectivity index (χ0n) is 25.6. The number of fused-ring (bicyclic) bond motifs is 2. The molecule has 1 N–H and O–H groups in total. The molecule has 0 bridgehead atoms. The number of amides is 1. The Kier molecular flexibility index (Phi) is 7.72. The zero-order chi connectivity index (χ0) is 32.3. The van der Waals surface area contributed by atoms with Crippen molar-refractivity contribution < 1.29 is 19.0 Å². The van der Waals surface area contributed by atoms with Crippen LogP contribution in [0, 0.1) is 12.7 Å². The molecule has 0 unspecified atom stereocenters. The van der Waals surface area contributed by atoms with Gasteiger partial charge < -0.3 is 19.6 Å². The number of hydrogen-bond acceptors (Lipinski definition) is 9. The van der Waals surface area contributed by atoms with E-state index in [-0.39, 0.29) is 70.4 Å². The second-order valence-electron chi connectivity index (χ2n) is 11.8. The number of carbonyl (C=O) groups excluding carboxylic acids is 1. The molecule has 0 radical (unpaired) electrons. The van der Waals surface area contributed by atoms with Crippen LogP contribution in [0.2, 0.25) is 5.02 Å². The van der Waals surface area contributed by atoms with E-state index in [4.69, 9.17) is 31.3 Å². The first-order valence-electron chi connectivity index (χ1n) is 14.8. The van der Waals surface area contributed by atoms with Gasteiger partial charge in [0, 0.05) is 19.6 Å². The minimum Gasteiger partial charge on any atom is -0.507 e. The summed E-state index contributed by atoms with van der Waals surface area (Å²) in [5.41, 5.74) is 0.771. The number of benzene rings is 1. The standard InChI is InChI=1S/C32H33ClFN7O4/c1-7-21(43)39-11-12-40-18(13-39)14-45-29-23-30(40)38-32(44)41(28-25(15(2)3)35-17(6)36-26(28)16(4)5)31(23)37-27(24(29)33)22-19(34)9-8-10-20(22)42/h7-10,15-16,18,42H,1,11-14H2,2-6H3/t18-/m1/s1. The van der Waals surface area contributed by atoms with Crippen molar-refractivity contribution in [2.45, 2.75) is 52.5 Å². The molecule has 234 valence electrons. The second kappa shape index (κ2) is 11.4. The fraction of sp³-hybridized carbons (Fsp3) is 0.375. The van der Waals surface area contributed by atoms with Gasteiger partial charge in [-0.25, -0.2) is 28.7 Å². The molecule has 2 aliphatic heterocycles. The van der Waals surface area contributed by atoms with Gasteiger partial charge in [0.05, 0.1) is 28.7 Å². The normalized spacial score (nSPS) is 16.2. The molecule has 1 atom stereocenters. The zero-order valence-corrected chi connectivity index (χ0v) is 26.4. The van der Waals surface area contributed by atoms with Crippen molar-refractivity contribution in [2.24, 2.45) is 0 Å². The minimum atomic E-state index is -0.756. The molecule has 4 aromatic rings. The first-order chi connectivity index (χ1) is 21.4. The molecule has 3 aromatic heterocycles. The first-order valence-corrected chi connectivity index (χ1v) is 15.1. The van der Waals surface area contributed by atoms with Crippen LogP contribution in [0.1, 0.15) is 56.7 Å². The molecular formula is C32H33ClFN7O4. The number of aromatic hydroxyl groups is 1. The lowest BCUT2D eigenvalue weighted by atomic mass is 10.0. The highest BCUT2D eigenvalue weighted by Crippen LogP contribution is 2.47. The SMILES string of the molecule is C=CC(=O)N1CCN2c3nc(=O)n(-c4c(C(C)C)nc(C)nc4C(C)C)c4nc(-c5c(O)cccc5F)c(Cl)c(c34)OC[C@H]2C1. The average Bonchev–Trinajstić information content (AvgIpc) is 3.15. The summed E-state index contributed by atoms with van der Waals surface area (Å²) >= 11 is 6.96. The van der Waals surface area contributed by atoms with E-state index in [1.165, 1.54) is 28.8 Å². The van der Waals surface area contributed by atoms with Crippen LogP contribution < -0.4 is 15.3 Å². The lowest BCUT2D eigenvalue weighted by molar-refractivity contribution is -0.126. The number of piperazine rings is 1. The Morgan fingerprint density at radius 3 is 2.44 bits per heavy atom. The van der Waals surface area contributed by atoms with Crippen molar-refractivity contribution in [3.63, 3.8) is 0 Å². The van der Waals surface area contributed by atoms with Gasteiger partial charge in [-0.05, 0) is 37.0 Å². The topological polar surface area (TPSA) is 127 Å². The number of aryl methyl sites for hydroxylation is 1. The molecule has 2 aliphatic rings. The van der Waals surface area contributed by atoms with Crippen molar-refractivity contribution in [1.29, 1.82) is 0 Å². The molecule has 1 saturated heterocycles. The molecule has 11 nitrogen and oxygen atoms in total. The summed E-state index contributed by atoms with van der Waals surface area (Å²) < 4.78 is 23.1. The van der Waals surface area contributed by atoms with Gasteiger partial charge in [-0.2, -0.15) is 4.98 Å². The smallest absolute Gasteiger partial charge is 0.355 e. The lowest BCUT2D eigenvalue weighted by Gasteiger charge is -2.40. The number of carbonyl (C=O) groups is 1. The van der Waals surface area contributed by atoms with Gasteiger partial charge in [0.1, 0.15) is 45.9 Å². The number of pyridine rings is 1. The van der Waals surface area contributed by atoms with Crippen molar-refractivity contribution in [3.8, 4) is 28.4 Å². The summed E-state index contributed by atoms with van der Waals surface area (Å²) in [4.78, 5) is 49.2. The van der Waals surface area contributed by atoms with Crippen LogP contribution in [0.15, 0.2) is 35.6 Å². The van der Waals surface area contributed by atoms with E-state index in [0.717, 1.165) is 0 Å². The molecule has 13 heteroatoms. The average molecular weight is 634 g/mol. The molecule has 6 rings (SSSR count). The summed E-state index contributed by atoms with van der Waals surface area (Å²) in [7, 11) is 0. The number of hydrogen-bond donors (Lipinski definition) is 1. The van der Waals surface area contributed by atoms with Gasteiger partial charge in [-0.1, -0.05) is 51.9 Å². The fourth-order valence-electron chi connectivity index (χ4n) is 6.07. The Morgan fingerprint density at radius 1 is 1.13 bits per heavy atom. The van der Waals surface area contributed by atoms with Crippen LogP contribution in [0.5, 0.6) is 11.5 Å². The van der Waals surface area contributed by atoms with E-state index >= 15 is 4.39 Å². The third kappa shape index (κ3) is 4.97. The number of halogens is 2. The second-order valence-corrected chi connectivity index (χ2v) is 12.2. The monoisotopic (exact) mass is 633 g/mol. The van der Waals surface area contributed by atoms with E-state index in [9.17, 15) is 14.7 Å². The number of anilines is 1. The van der Waals surface area contributed by atoms with Gasteiger partial charge in [-0.3, -0.25) is 4.79 Å². The van der Waals surface area contributed by atoms with Crippen LogP contribution in [0.3, 0.4) is 0 Å². The van der Waals surface area contributed by atoms with E-state index in [2.05, 4.69) is 11.6 Å². The molecule has 45 heavy (non-hydrogen) atoms. The molecular weight excluding hydrogens is 601 g/mol. The van der Waals surface area contributed by atoms with Crippen molar-refractivity contribution in [2.75, 3.05) is 31.1 Å². The van der Waals surface area contributed by atoms with E-state index < -0.39 is 11.5 Å². The van der Waals surface area contributed by atoms with Gasteiger partial charge in [0.2, 0.25) is 5.91 Å². The molecule has 5 heterocycles. The Labute approximate surface area is 264 Å². The van der Waals surface area contributed by atoms with Crippen LogP contribution >= 0.6 is 11.6 Å². The molecule has 0 aliphatic carbocycles. The summed E-state index contributed by atoms with van der Waals surface area (Å²) in [6.07, 6.45) is 1.26. The van der Waals surface area contributed by atoms with Crippen LogP contribution in [-0.2, 0) is 4.79 Å². The number of phenols is 1. The van der Waals surface area contributed by atoms with E-state index in [0.29, 0.717) is 47.2 Å². The Hall–Kier alpha value is -4.58. The lowest BCUT2D eigenvalue weighted by Crippen LogP contribution is -2.56. The van der Waals surface area contributed by atoms with E-state index in [1.807, 2.05) is 32.6 Å². The van der Waals surface area contributed by atoms with Crippen LogP contribution in [-0.4, -0.2) is 72.7 Å². The molecule has 0 saturated carbocycles. The molecule has 0 spiro atoms. The minimum absolute atomic E-state index is 0.0525. The highest BCUT2D eigenvalue weighted by molar-refractivity contribution is 6.36. The maximum atomic E-state index is 15.4. The number of ether oxygens (including phenoxy) is 1. The fourth-order valence-corrected chi connectivity index (χ4v) is 6.35. The van der Waals surface area contributed by atoms with E-state index in [1.54, 1.807) is 11.8 Å². The number of phenolic OH excluding ortho intramolecular Hbond substituents is 1. The Morgan fingerprint density at radius 2 is 1.82 bits per heavy atom. The Bertz CT molecular complexity index is 1890. The Balaban J connectivity index is 1.75. The van der Waals surface area contributed by atoms with Crippen molar-refractivity contribution >= 4 is 34.4 Å². The number of nitrogens with zero attached hydrogens (tertiary/aromatic N) is 7. The quantitative estimate of drug-likeness (QED) is 0.306. The number of rotatable bonds is 5. The van der Waals surface area contributed by atoms with Crippen molar-refractivity contribution in [3.05, 3.63) is 69.4 Å². The number of aromatic nitrogens is 5. The highest BCUT2D eigenvalue weighted by Gasteiger charge is 2.38. The highest BCUT2D eigenvalue weighted by atomic mass is 35.5. The summed E-state index contributed by atoms with van der Waals surface area (Å²) in [6, 6.07) is 3.50. The summed E-state index contributed by atoms with van der Waals surface area (Å²) in [5.74, 6) is -0.609. The van der Waals surface area contributed by atoms with Crippen LogP contribution in [0.25, 0.3) is 28.0 Å². The predicted octanol–water partition coefficient (Wildman–Crippen LogP) is 4.89. The van der Waals surface area contributed by atoms with Gasteiger partial charge >= 0.3 is 5.69 Å². The third-order valence-electron chi connectivity index (χ3n) is 8.16. The molecule has 1 aromatic carbocycles.